The highest BCUT2D eigenvalue weighted by Gasteiger charge is 2.13. The average molecular weight is 289 g/mol. The predicted molar refractivity (Wildman–Crippen MR) is 79.2 cm³/mol. The molecule has 3 rings (SSSR count). The minimum atomic E-state index is 0.00717. The number of nitrogens with zero attached hydrogens (tertiary/aromatic N) is 2. The van der Waals surface area contributed by atoms with Crippen LogP contribution < -0.4 is 0 Å². The van der Waals surface area contributed by atoms with Crippen LogP contribution in [0.1, 0.15) is 6.92 Å². The maximum Gasteiger partial charge on any atom is 0.141 e. The van der Waals surface area contributed by atoms with Gasteiger partial charge in [0, 0.05) is 23.2 Å². The van der Waals surface area contributed by atoms with Gasteiger partial charge >= 0.3 is 0 Å². The van der Waals surface area contributed by atoms with E-state index in [9.17, 15) is 10.2 Å². The van der Waals surface area contributed by atoms with Crippen LogP contribution in [0.3, 0.4) is 0 Å². The van der Waals surface area contributed by atoms with Gasteiger partial charge in [0.15, 0.2) is 0 Å². The second-order valence-corrected chi connectivity index (χ2v) is 4.99. The van der Waals surface area contributed by atoms with Crippen LogP contribution >= 0.6 is 11.6 Å². The minimum Gasteiger partial charge on any atom is -0.508 e. The first-order chi connectivity index (χ1) is 9.58. The number of halogens is 1. The molecule has 0 spiro atoms. The Balaban J connectivity index is 2.30. The standard InChI is InChI=1S/C15H13ClN2O2/c1-2-18-14-7-10(16)3-4-13(14)17-15(18)9-5-11(19)8-12(20)6-9/h3-8,19-20H,2H2,1H3. The molecule has 0 saturated carbocycles. The highest BCUT2D eigenvalue weighted by Crippen LogP contribution is 2.31. The SMILES string of the molecule is CCn1c(-c2cc(O)cc(O)c2)nc2ccc(Cl)cc21. The predicted octanol–water partition coefficient (Wildman–Crippen LogP) is 3.79. The molecule has 0 saturated heterocycles. The molecule has 20 heavy (non-hydrogen) atoms. The average Bonchev–Trinajstić information content (AvgIpc) is 2.75. The lowest BCUT2D eigenvalue weighted by molar-refractivity contribution is 0.451. The summed E-state index contributed by atoms with van der Waals surface area (Å²) in [5.74, 6) is 0.705. The van der Waals surface area contributed by atoms with Gasteiger partial charge in [-0.2, -0.15) is 0 Å². The molecule has 0 unspecified atom stereocenters. The Bertz CT molecular complexity index is 776. The normalized spacial score (nSPS) is 11.1. The first kappa shape index (κ1) is 12.8. The zero-order valence-corrected chi connectivity index (χ0v) is 11.6. The molecule has 0 aliphatic heterocycles. The van der Waals surface area contributed by atoms with Gasteiger partial charge < -0.3 is 14.8 Å². The first-order valence-electron chi connectivity index (χ1n) is 6.27. The molecular formula is C15H13ClN2O2. The van der Waals surface area contributed by atoms with Crippen molar-refractivity contribution in [3.63, 3.8) is 0 Å². The zero-order valence-electron chi connectivity index (χ0n) is 10.8. The summed E-state index contributed by atoms with van der Waals surface area (Å²) in [4.78, 5) is 4.56. The van der Waals surface area contributed by atoms with Crippen molar-refractivity contribution >= 4 is 22.6 Å². The van der Waals surface area contributed by atoms with Gasteiger partial charge in [0.2, 0.25) is 0 Å². The third kappa shape index (κ3) is 2.08. The maximum atomic E-state index is 9.62. The number of benzene rings is 2. The molecule has 102 valence electrons. The molecule has 2 N–H and O–H groups in total. The summed E-state index contributed by atoms with van der Waals surface area (Å²) >= 11 is 6.03. The van der Waals surface area contributed by atoms with Crippen molar-refractivity contribution in [1.29, 1.82) is 0 Å². The second kappa shape index (κ2) is 4.72. The number of hydrogen-bond donors (Lipinski definition) is 2. The first-order valence-corrected chi connectivity index (χ1v) is 6.65. The summed E-state index contributed by atoms with van der Waals surface area (Å²) in [5, 5.41) is 19.9. The molecule has 0 atom stereocenters. The molecule has 2 aromatic carbocycles. The van der Waals surface area contributed by atoms with Gasteiger partial charge in [-0.1, -0.05) is 11.6 Å². The van der Waals surface area contributed by atoms with E-state index in [0.29, 0.717) is 23.0 Å². The third-order valence-electron chi connectivity index (χ3n) is 3.19. The monoisotopic (exact) mass is 288 g/mol. The summed E-state index contributed by atoms with van der Waals surface area (Å²) in [7, 11) is 0. The van der Waals surface area contributed by atoms with Crippen molar-refractivity contribution in [2.75, 3.05) is 0 Å². The smallest absolute Gasteiger partial charge is 0.141 e. The minimum absolute atomic E-state index is 0.00717. The Hall–Kier alpha value is -2.20. The number of aromatic hydroxyl groups is 2. The van der Waals surface area contributed by atoms with Crippen molar-refractivity contribution in [3.8, 4) is 22.9 Å². The van der Waals surface area contributed by atoms with Crippen LogP contribution in [0.4, 0.5) is 0 Å². The lowest BCUT2D eigenvalue weighted by Gasteiger charge is -2.07. The van der Waals surface area contributed by atoms with E-state index < -0.39 is 0 Å². The fourth-order valence-corrected chi connectivity index (χ4v) is 2.53. The summed E-state index contributed by atoms with van der Waals surface area (Å²) in [6.45, 7) is 2.72. The van der Waals surface area contributed by atoms with E-state index in [1.807, 2.05) is 23.6 Å². The summed E-state index contributed by atoms with van der Waals surface area (Å²) in [6.07, 6.45) is 0. The van der Waals surface area contributed by atoms with Crippen LogP contribution in [-0.4, -0.2) is 19.8 Å². The number of aryl methyl sites for hydroxylation is 1. The van der Waals surface area contributed by atoms with Crippen molar-refractivity contribution in [2.24, 2.45) is 0 Å². The lowest BCUT2D eigenvalue weighted by Crippen LogP contribution is -1.97. The van der Waals surface area contributed by atoms with Gasteiger partial charge in [-0.25, -0.2) is 4.98 Å². The van der Waals surface area contributed by atoms with Crippen molar-refractivity contribution in [1.82, 2.24) is 9.55 Å². The van der Waals surface area contributed by atoms with E-state index in [2.05, 4.69) is 4.98 Å². The molecule has 0 aliphatic carbocycles. The number of imidazole rings is 1. The Morgan fingerprint density at radius 3 is 2.45 bits per heavy atom. The summed E-state index contributed by atoms with van der Waals surface area (Å²) in [5.41, 5.74) is 2.42. The van der Waals surface area contributed by atoms with Gasteiger partial charge in [-0.15, -0.1) is 0 Å². The van der Waals surface area contributed by atoms with E-state index in [1.54, 1.807) is 18.2 Å². The van der Waals surface area contributed by atoms with Crippen LogP contribution in [-0.2, 0) is 6.54 Å². The summed E-state index contributed by atoms with van der Waals surface area (Å²) in [6, 6.07) is 9.96. The number of fused-ring (bicyclic) bond motifs is 1. The molecule has 1 aromatic heterocycles. The molecule has 0 amide bonds. The van der Waals surface area contributed by atoms with Gasteiger partial charge in [0.1, 0.15) is 17.3 Å². The van der Waals surface area contributed by atoms with Crippen LogP contribution in [0.2, 0.25) is 5.02 Å². The molecule has 1 heterocycles. The van der Waals surface area contributed by atoms with Gasteiger partial charge in [0.25, 0.3) is 0 Å². The Morgan fingerprint density at radius 1 is 1.10 bits per heavy atom. The molecule has 0 fully saturated rings. The number of phenols is 2. The molecule has 0 radical (unpaired) electrons. The highest BCUT2D eigenvalue weighted by molar-refractivity contribution is 6.31. The van der Waals surface area contributed by atoms with Crippen molar-refractivity contribution in [3.05, 3.63) is 41.4 Å². The molecule has 0 bridgehead atoms. The van der Waals surface area contributed by atoms with Gasteiger partial charge in [0.05, 0.1) is 11.0 Å². The lowest BCUT2D eigenvalue weighted by atomic mass is 10.2. The second-order valence-electron chi connectivity index (χ2n) is 4.55. The van der Waals surface area contributed by atoms with E-state index in [0.717, 1.165) is 11.0 Å². The topological polar surface area (TPSA) is 58.3 Å². The van der Waals surface area contributed by atoms with Crippen LogP contribution in [0.25, 0.3) is 22.4 Å². The number of rotatable bonds is 2. The van der Waals surface area contributed by atoms with Crippen molar-refractivity contribution in [2.45, 2.75) is 13.5 Å². The number of aromatic nitrogens is 2. The van der Waals surface area contributed by atoms with Gasteiger partial charge in [-0.3, -0.25) is 0 Å². The number of phenolic OH excluding ortho intramolecular Hbond substituents is 2. The Labute approximate surface area is 120 Å². The fourth-order valence-electron chi connectivity index (χ4n) is 2.36. The molecule has 5 heteroatoms. The van der Waals surface area contributed by atoms with Crippen LogP contribution in [0.15, 0.2) is 36.4 Å². The quantitative estimate of drug-likeness (QED) is 0.754. The van der Waals surface area contributed by atoms with Crippen LogP contribution in [0, 0.1) is 0 Å². The van der Waals surface area contributed by atoms with E-state index in [1.165, 1.54) is 6.07 Å². The Kier molecular flexibility index (Phi) is 3.03. The van der Waals surface area contributed by atoms with Crippen LogP contribution in [0.5, 0.6) is 11.5 Å². The molecule has 3 aromatic rings. The van der Waals surface area contributed by atoms with Crippen molar-refractivity contribution < 1.29 is 10.2 Å². The third-order valence-corrected chi connectivity index (χ3v) is 3.42. The number of hydrogen-bond acceptors (Lipinski definition) is 3. The highest BCUT2D eigenvalue weighted by atomic mass is 35.5. The van der Waals surface area contributed by atoms with E-state index >= 15 is 0 Å². The fraction of sp³-hybridized carbons (Fsp3) is 0.133. The maximum absolute atomic E-state index is 9.62. The van der Waals surface area contributed by atoms with E-state index in [-0.39, 0.29) is 11.5 Å². The van der Waals surface area contributed by atoms with Gasteiger partial charge in [-0.05, 0) is 37.3 Å². The molecular weight excluding hydrogens is 276 g/mol. The zero-order chi connectivity index (χ0) is 14.3. The van der Waals surface area contributed by atoms with E-state index in [4.69, 9.17) is 11.6 Å². The summed E-state index contributed by atoms with van der Waals surface area (Å²) < 4.78 is 2.00. The molecule has 4 nitrogen and oxygen atoms in total. The molecule has 0 aliphatic rings. The Morgan fingerprint density at radius 2 is 1.80 bits per heavy atom. The largest absolute Gasteiger partial charge is 0.508 e.